The fourth-order valence-corrected chi connectivity index (χ4v) is 3.25. The molecular formula is C20H21NO4. The molecule has 2 aromatic carbocycles. The molecule has 1 heterocycles. The molecule has 5 nitrogen and oxygen atoms in total. The van der Waals surface area contributed by atoms with Gasteiger partial charge in [-0.05, 0) is 30.5 Å². The molecule has 0 fully saturated rings. The Kier molecular flexibility index (Phi) is 4.65. The zero-order chi connectivity index (χ0) is 18.0. The topological polar surface area (TPSA) is 82.7 Å². The predicted molar refractivity (Wildman–Crippen MR) is 95.9 cm³/mol. The minimum absolute atomic E-state index is 0.0355. The van der Waals surface area contributed by atoms with Gasteiger partial charge in [-0.25, -0.2) is 0 Å². The molecule has 0 saturated carbocycles. The van der Waals surface area contributed by atoms with Crippen molar-refractivity contribution >= 4 is 16.7 Å². The maximum Gasteiger partial charge on any atom is 0.306 e. The number of hydrogen-bond acceptors (Lipinski definition) is 3. The highest BCUT2D eigenvalue weighted by molar-refractivity contribution is 5.93. The van der Waals surface area contributed by atoms with E-state index >= 15 is 0 Å². The van der Waals surface area contributed by atoms with Gasteiger partial charge < -0.3 is 15.3 Å². The lowest BCUT2D eigenvalue weighted by Crippen LogP contribution is -2.19. The highest BCUT2D eigenvalue weighted by Crippen LogP contribution is 2.41. The average Bonchev–Trinajstić information content (AvgIpc) is 2.86. The van der Waals surface area contributed by atoms with Gasteiger partial charge in [0.05, 0.1) is 5.92 Å². The molecule has 25 heavy (non-hydrogen) atoms. The summed E-state index contributed by atoms with van der Waals surface area (Å²) in [6.45, 7) is 1.64. The lowest BCUT2D eigenvalue weighted by Gasteiger charge is -2.22. The van der Waals surface area contributed by atoms with Crippen LogP contribution in [0, 0.1) is 5.92 Å². The number of nitrogens with zero attached hydrogens (tertiary/aromatic N) is 1. The van der Waals surface area contributed by atoms with Crippen molar-refractivity contribution in [1.82, 2.24) is 4.57 Å². The minimum atomic E-state index is -0.895. The minimum Gasteiger partial charge on any atom is -0.494 e. The van der Waals surface area contributed by atoms with Crippen LogP contribution in [0.25, 0.3) is 10.8 Å². The third-order valence-corrected chi connectivity index (χ3v) is 4.59. The number of benzene rings is 2. The summed E-state index contributed by atoms with van der Waals surface area (Å²) in [5.74, 6) is -1.56. The van der Waals surface area contributed by atoms with E-state index in [1.807, 2.05) is 30.3 Å². The Balaban J connectivity index is 2.06. The van der Waals surface area contributed by atoms with Crippen LogP contribution in [0.1, 0.15) is 24.9 Å². The van der Waals surface area contributed by atoms with Crippen molar-refractivity contribution in [3.05, 3.63) is 60.2 Å². The summed E-state index contributed by atoms with van der Waals surface area (Å²) in [7, 11) is 0. The largest absolute Gasteiger partial charge is 0.494 e. The third kappa shape index (κ3) is 3.31. The summed E-state index contributed by atoms with van der Waals surface area (Å²) in [6.07, 6.45) is 0.812. The first-order chi connectivity index (χ1) is 12.0. The second kappa shape index (κ2) is 6.89. The Bertz CT molecular complexity index is 846. The van der Waals surface area contributed by atoms with Crippen LogP contribution >= 0.6 is 0 Å². The quantitative estimate of drug-likeness (QED) is 0.635. The van der Waals surface area contributed by atoms with Crippen molar-refractivity contribution in [2.75, 3.05) is 0 Å². The van der Waals surface area contributed by atoms with E-state index in [0.29, 0.717) is 23.6 Å². The molecule has 0 radical (unpaired) electrons. The summed E-state index contributed by atoms with van der Waals surface area (Å²) in [5, 5.41) is 31.7. The zero-order valence-electron chi connectivity index (χ0n) is 14.0. The number of carboxylic acid groups (broad SMARTS) is 1. The zero-order valence-corrected chi connectivity index (χ0v) is 14.0. The Morgan fingerprint density at radius 2 is 1.48 bits per heavy atom. The summed E-state index contributed by atoms with van der Waals surface area (Å²) in [5.41, 5.74) is 1.02. The molecule has 2 atom stereocenters. The number of fused-ring (bicyclic) bond motifs is 1. The second-order valence-corrected chi connectivity index (χ2v) is 6.38. The fraction of sp³-hybridized carbons (Fsp3) is 0.250. The molecule has 2 unspecified atom stereocenters. The Morgan fingerprint density at radius 3 is 2.00 bits per heavy atom. The van der Waals surface area contributed by atoms with Gasteiger partial charge in [-0.1, -0.05) is 49.4 Å². The van der Waals surface area contributed by atoms with E-state index in [0.717, 1.165) is 5.56 Å². The van der Waals surface area contributed by atoms with Gasteiger partial charge in [0.15, 0.2) is 0 Å². The normalized spacial score (nSPS) is 13.6. The maximum atomic E-state index is 11.3. The van der Waals surface area contributed by atoms with E-state index in [1.165, 1.54) is 4.57 Å². The summed E-state index contributed by atoms with van der Waals surface area (Å²) < 4.78 is 1.46. The van der Waals surface area contributed by atoms with Crippen molar-refractivity contribution in [2.24, 2.45) is 5.92 Å². The first kappa shape index (κ1) is 16.9. The molecule has 3 N–H and O–H groups in total. The van der Waals surface area contributed by atoms with Crippen molar-refractivity contribution in [2.45, 2.75) is 25.8 Å². The fourth-order valence-electron chi connectivity index (χ4n) is 3.25. The van der Waals surface area contributed by atoms with E-state index in [-0.39, 0.29) is 17.8 Å². The first-order valence-corrected chi connectivity index (χ1v) is 8.26. The van der Waals surface area contributed by atoms with Gasteiger partial charge in [0.25, 0.3) is 0 Å². The Labute approximate surface area is 145 Å². The lowest BCUT2D eigenvalue weighted by atomic mass is 9.96. The van der Waals surface area contributed by atoms with Crippen LogP contribution in [0.5, 0.6) is 11.8 Å². The number of carbonyl (C=O) groups is 1. The molecule has 130 valence electrons. The molecule has 0 saturated heterocycles. The molecule has 0 aliphatic heterocycles. The number of rotatable bonds is 6. The van der Waals surface area contributed by atoms with Crippen LogP contribution < -0.4 is 0 Å². The Morgan fingerprint density at radius 1 is 0.960 bits per heavy atom. The maximum absolute atomic E-state index is 11.3. The first-order valence-electron chi connectivity index (χ1n) is 8.26. The van der Waals surface area contributed by atoms with Crippen LogP contribution in [0.15, 0.2) is 54.6 Å². The Hall–Kier alpha value is -2.95. The van der Waals surface area contributed by atoms with E-state index in [4.69, 9.17) is 0 Å². The van der Waals surface area contributed by atoms with Crippen LogP contribution in [0.3, 0.4) is 0 Å². The number of carboxylic acids is 1. The van der Waals surface area contributed by atoms with Crippen molar-refractivity contribution in [1.29, 1.82) is 0 Å². The molecule has 0 amide bonds. The second-order valence-electron chi connectivity index (χ2n) is 6.38. The van der Waals surface area contributed by atoms with Crippen molar-refractivity contribution in [3.8, 4) is 11.8 Å². The number of aromatic nitrogens is 1. The average molecular weight is 339 g/mol. The number of hydrogen-bond donors (Lipinski definition) is 3. The van der Waals surface area contributed by atoms with Gasteiger partial charge in [-0.15, -0.1) is 0 Å². The molecule has 0 aliphatic rings. The van der Waals surface area contributed by atoms with Gasteiger partial charge in [-0.2, -0.15) is 0 Å². The molecule has 1 aromatic heterocycles. The van der Waals surface area contributed by atoms with Gasteiger partial charge in [0, 0.05) is 16.8 Å². The molecule has 3 rings (SSSR count). The van der Waals surface area contributed by atoms with Crippen LogP contribution in [-0.4, -0.2) is 25.9 Å². The lowest BCUT2D eigenvalue weighted by molar-refractivity contribution is -0.141. The van der Waals surface area contributed by atoms with Crippen molar-refractivity contribution < 1.29 is 20.1 Å². The van der Waals surface area contributed by atoms with E-state index in [2.05, 4.69) is 0 Å². The van der Waals surface area contributed by atoms with E-state index in [9.17, 15) is 20.1 Å². The molecule has 0 bridgehead atoms. The van der Waals surface area contributed by atoms with Crippen LogP contribution in [-0.2, 0) is 11.2 Å². The smallest absolute Gasteiger partial charge is 0.306 e. The summed E-state index contributed by atoms with van der Waals surface area (Å²) in [4.78, 5) is 11.3. The molecule has 0 aliphatic carbocycles. The SMILES string of the molecule is CC(CC(Cc1ccccc1)n1c(O)c2ccccc2c1O)C(=O)O. The predicted octanol–water partition coefficient (Wildman–Crippen LogP) is 3.95. The number of aromatic hydroxyl groups is 2. The standard InChI is InChI=1S/C20H21NO4/c1-13(20(24)25)11-15(12-14-7-3-2-4-8-14)21-18(22)16-9-5-6-10-17(16)19(21)23/h2-10,13,15,22-23H,11-12H2,1H3,(H,24,25). The monoisotopic (exact) mass is 339 g/mol. The third-order valence-electron chi connectivity index (χ3n) is 4.59. The summed E-state index contributed by atoms with van der Waals surface area (Å²) >= 11 is 0. The van der Waals surface area contributed by atoms with E-state index in [1.54, 1.807) is 31.2 Å². The number of aliphatic carboxylic acids is 1. The van der Waals surface area contributed by atoms with Gasteiger partial charge in [0.1, 0.15) is 0 Å². The molecule has 3 aromatic rings. The van der Waals surface area contributed by atoms with Gasteiger partial charge in [0.2, 0.25) is 11.8 Å². The molecule has 0 spiro atoms. The highest BCUT2D eigenvalue weighted by atomic mass is 16.4. The van der Waals surface area contributed by atoms with E-state index < -0.39 is 11.9 Å². The highest BCUT2D eigenvalue weighted by Gasteiger charge is 2.26. The van der Waals surface area contributed by atoms with Crippen LogP contribution in [0.2, 0.25) is 0 Å². The molecule has 5 heteroatoms. The van der Waals surface area contributed by atoms with Crippen LogP contribution in [0.4, 0.5) is 0 Å². The summed E-state index contributed by atoms with van der Waals surface area (Å²) in [6, 6.07) is 16.3. The van der Waals surface area contributed by atoms with Gasteiger partial charge >= 0.3 is 5.97 Å². The van der Waals surface area contributed by atoms with Gasteiger partial charge in [-0.3, -0.25) is 9.36 Å². The molecular weight excluding hydrogens is 318 g/mol. The van der Waals surface area contributed by atoms with Crippen molar-refractivity contribution in [3.63, 3.8) is 0 Å².